The molecule has 0 heterocycles. The second kappa shape index (κ2) is 8.46. The van der Waals surface area contributed by atoms with Crippen molar-refractivity contribution in [2.75, 3.05) is 7.11 Å². The summed E-state index contributed by atoms with van der Waals surface area (Å²) in [4.78, 5) is 10.2. The van der Waals surface area contributed by atoms with Crippen molar-refractivity contribution < 1.29 is 23.1 Å². The molecule has 2 fully saturated rings. The molecule has 0 aliphatic heterocycles. The average Bonchev–Trinajstić information content (AvgIpc) is 3.27. The van der Waals surface area contributed by atoms with Gasteiger partial charge in [-0.1, -0.05) is 30.7 Å². The first-order valence-corrected chi connectivity index (χ1v) is 10.5. The van der Waals surface area contributed by atoms with Crippen molar-refractivity contribution in [3.8, 4) is 6.07 Å². The Bertz CT molecular complexity index is 832. The Morgan fingerprint density at radius 1 is 1.37 bits per heavy atom. The third kappa shape index (κ3) is 5.12. The lowest BCUT2D eigenvalue weighted by Crippen LogP contribution is -2.33. The lowest BCUT2D eigenvalue weighted by Gasteiger charge is -2.13. The third-order valence-corrected chi connectivity index (χ3v) is 7.63. The lowest BCUT2D eigenvalue weighted by molar-refractivity contribution is 0.0775. The lowest BCUT2D eigenvalue weighted by atomic mass is 10.1. The molecule has 0 radical (unpaired) electrons. The number of hydrogen-bond acceptors (Lipinski definition) is 5. The van der Waals surface area contributed by atoms with Crippen LogP contribution in [0, 0.1) is 17.2 Å². The number of rotatable bonds is 4. The Labute approximate surface area is 164 Å². The number of nitrogens with zero attached hydrogens (tertiary/aromatic N) is 1. The zero-order valence-electron chi connectivity index (χ0n) is 15.2. The number of amides is 1. The van der Waals surface area contributed by atoms with E-state index >= 15 is 0 Å². The van der Waals surface area contributed by atoms with Gasteiger partial charge in [-0.05, 0) is 43.7 Å². The zero-order valence-corrected chi connectivity index (χ0v) is 16.8. The Morgan fingerprint density at radius 2 is 2.00 bits per heavy atom. The van der Waals surface area contributed by atoms with Crippen LogP contribution in [0.3, 0.4) is 0 Å². The summed E-state index contributed by atoms with van der Waals surface area (Å²) in [5.74, 6) is 0.261. The quantitative estimate of drug-likeness (QED) is 0.781. The number of carboxylic acid groups (broad SMARTS) is 1. The zero-order chi connectivity index (χ0) is 20.2. The maximum absolute atomic E-state index is 12.5. The molecule has 1 amide bonds. The molecule has 3 atom stereocenters. The summed E-state index contributed by atoms with van der Waals surface area (Å²) in [6.45, 7) is 2.02. The molecule has 0 bridgehead atoms. The molecule has 0 aromatic heterocycles. The van der Waals surface area contributed by atoms with Gasteiger partial charge in [-0.25, -0.2) is 13.2 Å². The normalized spacial score (nSPS) is 25.6. The van der Waals surface area contributed by atoms with Crippen molar-refractivity contribution in [2.45, 2.75) is 54.4 Å². The fourth-order valence-electron chi connectivity index (χ4n) is 3.19. The van der Waals surface area contributed by atoms with Crippen LogP contribution in [0.4, 0.5) is 4.79 Å². The van der Waals surface area contributed by atoms with Crippen LogP contribution < -0.4 is 5.32 Å². The summed E-state index contributed by atoms with van der Waals surface area (Å²) < 4.78 is 30.4. The van der Waals surface area contributed by atoms with Crippen LogP contribution in [0.15, 0.2) is 29.2 Å². The van der Waals surface area contributed by atoms with E-state index in [0.29, 0.717) is 30.7 Å². The van der Waals surface area contributed by atoms with Crippen molar-refractivity contribution in [1.82, 2.24) is 5.32 Å². The highest BCUT2D eigenvalue weighted by molar-refractivity contribution is 7.92. The summed E-state index contributed by atoms with van der Waals surface area (Å²) in [7, 11) is -1.73. The number of ether oxygens (including phenoxy) is 1. The topological polar surface area (TPSA) is 116 Å². The minimum atomic E-state index is -3.36. The van der Waals surface area contributed by atoms with Gasteiger partial charge in [-0.2, -0.15) is 5.26 Å². The predicted octanol–water partition coefficient (Wildman–Crippen LogP) is 3.24. The first-order valence-electron chi connectivity index (χ1n) is 8.59. The van der Waals surface area contributed by atoms with Gasteiger partial charge in [0.25, 0.3) is 0 Å². The molecule has 2 saturated carbocycles. The first-order chi connectivity index (χ1) is 12.6. The smallest absolute Gasteiger partial charge is 0.405 e. The molecule has 2 N–H and O–H groups in total. The number of methoxy groups -OCH3 is 1. The molecule has 7 nitrogen and oxygen atoms in total. The van der Waals surface area contributed by atoms with Gasteiger partial charge in [0.1, 0.15) is 5.54 Å². The van der Waals surface area contributed by atoms with Crippen LogP contribution >= 0.6 is 11.6 Å². The van der Waals surface area contributed by atoms with Gasteiger partial charge in [0.05, 0.1) is 27.3 Å². The van der Waals surface area contributed by atoms with E-state index in [9.17, 15) is 13.2 Å². The van der Waals surface area contributed by atoms with Crippen molar-refractivity contribution in [1.29, 1.82) is 5.26 Å². The molecule has 3 rings (SSSR count). The Morgan fingerprint density at radius 3 is 2.41 bits per heavy atom. The van der Waals surface area contributed by atoms with Crippen LogP contribution in [0.5, 0.6) is 0 Å². The van der Waals surface area contributed by atoms with Crippen molar-refractivity contribution in [3.05, 3.63) is 29.3 Å². The van der Waals surface area contributed by atoms with Crippen molar-refractivity contribution >= 4 is 27.5 Å². The third-order valence-electron chi connectivity index (χ3n) is 4.96. The van der Waals surface area contributed by atoms with E-state index in [1.54, 1.807) is 31.4 Å². The molecule has 1 aromatic rings. The molecule has 27 heavy (non-hydrogen) atoms. The number of halogens is 1. The van der Waals surface area contributed by atoms with E-state index in [0.717, 1.165) is 0 Å². The van der Waals surface area contributed by atoms with Crippen LogP contribution in [0.2, 0.25) is 5.02 Å². The molecule has 1 aromatic carbocycles. The highest BCUT2D eigenvalue weighted by atomic mass is 35.5. The monoisotopic (exact) mass is 414 g/mol. The van der Waals surface area contributed by atoms with Crippen LogP contribution in [-0.2, 0) is 14.6 Å². The summed E-state index contributed by atoms with van der Waals surface area (Å²) in [5.41, 5.74) is -0.730. The van der Waals surface area contributed by atoms with Crippen molar-refractivity contribution in [2.24, 2.45) is 5.92 Å². The Balaban J connectivity index is 0.000000244. The molecule has 0 unspecified atom stereocenters. The minimum absolute atomic E-state index is 0.0206. The van der Waals surface area contributed by atoms with E-state index < -0.39 is 26.7 Å². The summed E-state index contributed by atoms with van der Waals surface area (Å²) >= 11 is 5.98. The van der Waals surface area contributed by atoms with E-state index in [4.69, 9.17) is 26.7 Å². The summed E-state index contributed by atoms with van der Waals surface area (Å²) in [6, 6.07) is 8.51. The fourth-order valence-corrected chi connectivity index (χ4v) is 5.61. The number of hydrogen-bond donors (Lipinski definition) is 2. The summed E-state index contributed by atoms with van der Waals surface area (Å²) in [6.07, 6.45) is 1.38. The van der Waals surface area contributed by atoms with E-state index in [-0.39, 0.29) is 16.9 Å². The van der Waals surface area contributed by atoms with Crippen LogP contribution in [0.1, 0.15) is 32.6 Å². The minimum Gasteiger partial charge on any atom is -0.465 e. The van der Waals surface area contributed by atoms with Gasteiger partial charge in [0.2, 0.25) is 0 Å². The van der Waals surface area contributed by atoms with E-state index in [1.807, 2.05) is 13.0 Å². The SMILES string of the molecule is CO[C@@H]1C[C@H](S(=O)(=O)c2ccccc2Cl)C[C@H]1C.N#CC1(NC(=O)O)CC1. The fraction of sp³-hybridized carbons (Fsp3) is 0.556. The van der Waals surface area contributed by atoms with Crippen LogP contribution in [0.25, 0.3) is 0 Å². The average molecular weight is 415 g/mol. The molecule has 0 spiro atoms. The second-order valence-electron chi connectivity index (χ2n) is 6.94. The number of carbonyl (C=O) groups is 1. The van der Waals surface area contributed by atoms with Crippen LogP contribution in [-0.4, -0.2) is 43.6 Å². The Hall–Kier alpha value is -1.82. The maximum Gasteiger partial charge on any atom is 0.405 e. The molecule has 0 saturated heterocycles. The van der Waals surface area contributed by atoms with Gasteiger partial charge >= 0.3 is 6.09 Å². The van der Waals surface area contributed by atoms with Gasteiger partial charge in [0, 0.05) is 7.11 Å². The van der Waals surface area contributed by atoms with Gasteiger partial charge in [-0.3, -0.25) is 0 Å². The highest BCUT2D eigenvalue weighted by Gasteiger charge is 2.44. The van der Waals surface area contributed by atoms with E-state index in [2.05, 4.69) is 5.32 Å². The maximum atomic E-state index is 12.5. The highest BCUT2D eigenvalue weighted by Crippen LogP contribution is 2.37. The molecular weight excluding hydrogens is 392 g/mol. The largest absolute Gasteiger partial charge is 0.465 e. The van der Waals surface area contributed by atoms with Gasteiger partial charge < -0.3 is 15.2 Å². The standard InChI is InChI=1S/C13H17ClO3S.C5H6N2O2/c1-9-7-10(8-12(9)17-2)18(15,16)13-6-4-3-5-11(13)14;6-3-5(1-2-5)7-4(8)9/h3-6,9-10,12H,7-8H2,1-2H3;7H,1-2H2,(H,8,9)/t9-,10-,12-;/m1./s1. The summed E-state index contributed by atoms with van der Waals surface area (Å²) in [5, 5.41) is 18.5. The molecule has 2 aliphatic rings. The molecular formula is C18H23ClN2O5S. The molecule has 9 heteroatoms. The Kier molecular flexibility index (Phi) is 6.73. The van der Waals surface area contributed by atoms with Gasteiger partial charge in [-0.15, -0.1) is 0 Å². The van der Waals surface area contributed by atoms with Crippen molar-refractivity contribution in [3.63, 3.8) is 0 Å². The van der Waals surface area contributed by atoms with Gasteiger partial charge in [0.15, 0.2) is 9.84 Å². The number of nitriles is 1. The predicted molar refractivity (Wildman–Crippen MR) is 100 cm³/mol. The number of nitrogens with one attached hydrogen (secondary N) is 1. The number of benzene rings is 1. The number of sulfone groups is 1. The molecule has 2 aliphatic carbocycles. The first kappa shape index (κ1) is 21.5. The van der Waals surface area contributed by atoms with E-state index in [1.165, 1.54) is 0 Å². The molecule has 148 valence electrons. The second-order valence-corrected chi connectivity index (χ2v) is 9.55.